The summed E-state index contributed by atoms with van der Waals surface area (Å²) in [5.74, 6) is 0.501. The lowest BCUT2D eigenvalue weighted by atomic mass is 9.99. The first-order valence-corrected chi connectivity index (χ1v) is 7.29. The molecule has 4 heteroatoms. The molecular formula is C17H23N3O. The largest absolute Gasteiger partial charge is 0.348 e. The first-order valence-electron chi connectivity index (χ1n) is 7.29. The molecule has 0 fully saturated rings. The van der Waals surface area contributed by atoms with E-state index in [2.05, 4.69) is 31.0 Å². The third-order valence-electron chi connectivity index (χ3n) is 3.76. The highest BCUT2D eigenvalue weighted by Crippen LogP contribution is 2.18. The average Bonchev–Trinajstić information content (AvgIpc) is 2.42. The first-order chi connectivity index (χ1) is 9.88. The molecule has 0 bridgehead atoms. The van der Waals surface area contributed by atoms with Crippen LogP contribution in [-0.4, -0.2) is 9.55 Å². The zero-order chi connectivity index (χ0) is 15.6. The second-order valence-corrected chi connectivity index (χ2v) is 5.86. The minimum Gasteiger partial charge on any atom is -0.322 e. The van der Waals surface area contributed by atoms with E-state index < -0.39 is 0 Å². The lowest BCUT2D eigenvalue weighted by Crippen LogP contribution is -2.30. The van der Waals surface area contributed by atoms with Crippen molar-refractivity contribution in [2.75, 3.05) is 0 Å². The third-order valence-corrected chi connectivity index (χ3v) is 3.76. The van der Waals surface area contributed by atoms with Gasteiger partial charge in [-0.2, -0.15) is 4.98 Å². The van der Waals surface area contributed by atoms with E-state index in [9.17, 15) is 4.79 Å². The quantitative estimate of drug-likeness (QED) is 0.939. The van der Waals surface area contributed by atoms with Gasteiger partial charge in [-0.1, -0.05) is 38.1 Å². The molecule has 2 rings (SSSR count). The molecule has 1 aromatic heterocycles. The van der Waals surface area contributed by atoms with Gasteiger partial charge in [0.05, 0.1) is 0 Å². The van der Waals surface area contributed by atoms with Crippen LogP contribution >= 0.6 is 0 Å². The Morgan fingerprint density at radius 2 is 1.71 bits per heavy atom. The van der Waals surface area contributed by atoms with Gasteiger partial charge in [0.25, 0.3) is 0 Å². The third kappa shape index (κ3) is 3.58. The highest BCUT2D eigenvalue weighted by Gasteiger charge is 2.11. The molecule has 0 spiro atoms. The summed E-state index contributed by atoms with van der Waals surface area (Å²) in [6.45, 7) is 8.50. The van der Waals surface area contributed by atoms with Crippen LogP contribution in [0.25, 0.3) is 0 Å². The van der Waals surface area contributed by atoms with E-state index in [4.69, 9.17) is 5.73 Å². The van der Waals surface area contributed by atoms with Crippen LogP contribution in [0.5, 0.6) is 0 Å². The Labute approximate surface area is 125 Å². The molecular weight excluding hydrogens is 262 g/mol. The Morgan fingerprint density at radius 3 is 2.24 bits per heavy atom. The fraction of sp³-hybridized carbons (Fsp3) is 0.412. The summed E-state index contributed by atoms with van der Waals surface area (Å²) >= 11 is 0. The van der Waals surface area contributed by atoms with Crippen LogP contribution in [0.1, 0.15) is 48.3 Å². The van der Waals surface area contributed by atoms with Crippen LogP contribution in [0.4, 0.5) is 0 Å². The van der Waals surface area contributed by atoms with Crippen LogP contribution in [0.2, 0.25) is 0 Å². The number of aryl methyl sites for hydroxylation is 2. The van der Waals surface area contributed by atoms with Gasteiger partial charge in [0, 0.05) is 24.0 Å². The number of nitrogens with two attached hydrogens (primary N) is 1. The monoisotopic (exact) mass is 285 g/mol. The zero-order valence-electron chi connectivity index (χ0n) is 13.1. The van der Waals surface area contributed by atoms with Gasteiger partial charge < -0.3 is 5.73 Å². The molecule has 112 valence electrons. The SMILES string of the molecule is Cc1cc(C)n(CC(N)c2ccc(C(C)C)cc2)c(=O)n1. The molecule has 0 amide bonds. The van der Waals surface area contributed by atoms with E-state index in [0.717, 1.165) is 17.0 Å². The van der Waals surface area contributed by atoms with Gasteiger partial charge in [-0.05, 0) is 37.0 Å². The van der Waals surface area contributed by atoms with Gasteiger partial charge in [0.1, 0.15) is 0 Å². The molecule has 0 aliphatic heterocycles. The molecule has 0 aliphatic carbocycles. The van der Waals surface area contributed by atoms with Crippen molar-refractivity contribution in [2.45, 2.75) is 46.2 Å². The molecule has 4 nitrogen and oxygen atoms in total. The smallest absolute Gasteiger partial charge is 0.322 e. The maximum Gasteiger partial charge on any atom is 0.348 e. The molecule has 0 saturated heterocycles. The number of hydrogen-bond donors (Lipinski definition) is 1. The molecule has 1 atom stereocenters. The van der Waals surface area contributed by atoms with E-state index in [-0.39, 0.29) is 11.7 Å². The van der Waals surface area contributed by atoms with Crippen molar-refractivity contribution >= 4 is 0 Å². The Balaban J connectivity index is 2.22. The van der Waals surface area contributed by atoms with Crippen molar-refractivity contribution in [3.05, 3.63) is 63.3 Å². The second-order valence-electron chi connectivity index (χ2n) is 5.86. The van der Waals surface area contributed by atoms with E-state index >= 15 is 0 Å². The van der Waals surface area contributed by atoms with Gasteiger partial charge >= 0.3 is 5.69 Å². The average molecular weight is 285 g/mol. The standard InChI is InChI=1S/C17H23N3O/c1-11(2)14-5-7-15(8-6-14)16(18)10-20-13(4)9-12(3)19-17(20)21/h5-9,11,16H,10,18H2,1-4H3. The molecule has 2 aromatic rings. The fourth-order valence-electron chi connectivity index (χ4n) is 2.43. The van der Waals surface area contributed by atoms with Crippen molar-refractivity contribution in [1.29, 1.82) is 0 Å². The van der Waals surface area contributed by atoms with Gasteiger partial charge in [0.2, 0.25) is 0 Å². The lowest BCUT2D eigenvalue weighted by Gasteiger charge is -2.17. The normalized spacial score (nSPS) is 12.7. The summed E-state index contributed by atoms with van der Waals surface area (Å²) in [5, 5.41) is 0. The summed E-state index contributed by atoms with van der Waals surface area (Å²) in [7, 11) is 0. The molecule has 21 heavy (non-hydrogen) atoms. The number of rotatable bonds is 4. The van der Waals surface area contributed by atoms with Gasteiger partial charge in [-0.25, -0.2) is 4.79 Å². The highest BCUT2D eigenvalue weighted by molar-refractivity contribution is 5.26. The minimum atomic E-state index is -0.234. The Bertz CT molecular complexity index is 671. The summed E-state index contributed by atoms with van der Waals surface area (Å²) in [5.41, 5.74) is 9.96. The molecule has 0 saturated carbocycles. The molecule has 0 aliphatic rings. The Kier molecular flexibility index (Phi) is 4.58. The predicted molar refractivity (Wildman–Crippen MR) is 85.4 cm³/mol. The van der Waals surface area contributed by atoms with Crippen molar-refractivity contribution in [2.24, 2.45) is 5.73 Å². The summed E-state index contributed by atoms with van der Waals surface area (Å²) in [6, 6.07) is 9.97. The Morgan fingerprint density at radius 1 is 1.14 bits per heavy atom. The topological polar surface area (TPSA) is 60.9 Å². The molecule has 0 radical (unpaired) electrons. The number of nitrogens with zero attached hydrogens (tertiary/aromatic N) is 2. The van der Waals surface area contributed by atoms with Crippen molar-refractivity contribution in [3.8, 4) is 0 Å². The predicted octanol–water partition coefficient (Wildman–Crippen LogP) is 2.68. The molecule has 1 heterocycles. The number of benzene rings is 1. The van der Waals surface area contributed by atoms with Crippen LogP contribution in [0.15, 0.2) is 35.1 Å². The molecule has 1 unspecified atom stereocenters. The molecule has 1 aromatic carbocycles. The number of aromatic nitrogens is 2. The van der Waals surface area contributed by atoms with Crippen molar-refractivity contribution in [3.63, 3.8) is 0 Å². The van der Waals surface area contributed by atoms with Crippen LogP contribution in [0, 0.1) is 13.8 Å². The van der Waals surface area contributed by atoms with E-state index in [1.165, 1.54) is 5.56 Å². The minimum absolute atomic E-state index is 0.216. The van der Waals surface area contributed by atoms with Gasteiger partial charge in [-0.15, -0.1) is 0 Å². The summed E-state index contributed by atoms with van der Waals surface area (Å²) in [4.78, 5) is 15.9. The zero-order valence-corrected chi connectivity index (χ0v) is 13.1. The maximum absolute atomic E-state index is 12.0. The lowest BCUT2D eigenvalue weighted by molar-refractivity contribution is 0.538. The summed E-state index contributed by atoms with van der Waals surface area (Å²) < 4.78 is 1.63. The number of hydrogen-bond acceptors (Lipinski definition) is 3. The highest BCUT2D eigenvalue weighted by atomic mass is 16.1. The van der Waals surface area contributed by atoms with E-state index in [1.807, 2.05) is 32.0 Å². The van der Waals surface area contributed by atoms with Crippen LogP contribution in [0.3, 0.4) is 0 Å². The summed E-state index contributed by atoms with van der Waals surface area (Å²) in [6.07, 6.45) is 0. The van der Waals surface area contributed by atoms with Gasteiger partial charge in [-0.3, -0.25) is 4.57 Å². The van der Waals surface area contributed by atoms with Crippen LogP contribution in [-0.2, 0) is 6.54 Å². The van der Waals surface area contributed by atoms with E-state index in [0.29, 0.717) is 12.5 Å². The molecule has 2 N–H and O–H groups in total. The van der Waals surface area contributed by atoms with E-state index in [1.54, 1.807) is 4.57 Å². The van der Waals surface area contributed by atoms with Crippen molar-refractivity contribution < 1.29 is 0 Å². The van der Waals surface area contributed by atoms with Gasteiger partial charge in [0.15, 0.2) is 0 Å². The van der Waals surface area contributed by atoms with Crippen molar-refractivity contribution in [1.82, 2.24) is 9.55 Å². The second kappa shape index (κ2) is 6.22. The maximum atomic E-state index is 12.0. The fourth-order valence-corrected chi connectivity index (χ4v) is 2.43. The first kappa shape index (κ1) is 15.4. The Hall–Kier alpha value is -1.94. The van der Waals surface area contributed by atoms with Crippen LogP contribution < -0.4 is 11.4 Å².